The van der Waals surface area contributed by atoms with Crippen molar-refractivity contribution in [2.45, 2.75) is 12.7 Å². The molecule has 0 fully saturated rings. The Kier molecular flexibility index (Phi) is 5.12. The molecule has 0 unspecified atom stereocenters. The minimum Gasteiger partial charge on any atom is -0.325 e. The molecule has 3 rings (SSSR count). The Balaban J connectivity index is 1.70. The number of hydrogen-bond acceptors (Lipinski definition) is 2. The second-order valence-corrected chi connectivity index (χ2v) is 5.87. The average molecular weight is 372 g/mol. The number of halogens is 3. The lowest BCUT2D eigenvalue weighted by Crippen LogP contribution is -2.28. The number of aromatic nitrogens is 1. The lowest BCUT2D eigenvalue weighted by atomic mass is 10.1. The number of nitrogens with one attached hydrogen (secondary N) is 1. The van der Waals surface area contributed by atoms with Crippen molar-refractivity contribution in [3.63, 3.8) is 0 Å². The van der Waals surface area contributed by atoms with E-state index in [0.29, 0.717) is 18.0 Å². The minimum atomic E-state index is -4.58. The van der Waals surface area contributed by atoms with Gasteiger partial charge in [0.05, 0.1) is 5.56 Å². The Morgan fingerprint density at radius 1 is 0.889 bits per heavy atom. The van der Waals surface area contributed by atoms with Crippen LogP contribution in [0.3, 0.4) is 0 Å². The molecule has 0 saturated heterocycles. The molecule has 0 bridgehead atoms. The highest BCUT2D eigenvalue weighted by Gasteiger charge is 2.31. The molecule has 0 atom stereocenters. The molecule has 7 heteroatoms. The fraction of sp³-hybridized carbons (Fsp3) is 0.100. The number of benzene rings is 2. The molecule has 1 amide bonds. The van der Waals surface area contributed by atoms with Crippen molar-refractivity contribution in [3.05, 3.63) is 88.8 Å². The van der Waals surface area contributed by atoms with Crippen molar-refractivity contribution in [3.8, 4) is 11.1 Å². The number of anilines is 1. The first-order valence-corrected chi connectivity index (χ1v) is 8.06. The zero-order valence-corrected chi connectivity index (χ0v) is 14.0. The first-order valence-electron chi connectivity index (χ1n) is 8.06. The third-order valence-electron chi connectivity index (χ3n) is 3.90. The van der Waals surface area contributed by atoms with Gasteiger partial charge in [-0.25, -0.2) is 0 Å². The van der Waals surface area contributed by atoms with E-state index in [1.54, 1.807) is 12.1 Å². The van der Waals surface area contributed by atoms with E-state index in [1.165, 1.54) is 0 Å². The first kappa shape index (κ1) is 18.4. The SMILES string of the molecule is O=C(Cn1cc(C(F)(F)F)ccc1=O)Nc1ccc(-c2ccccc2)cc1. The van der Waals surface area contributed by atoms with E-state index >= 15 is 0 Å². The summed E-state index contributed by atoms with van der Waals surface area (Å²) in [6.07, 6.45) is -3.94. The van der Waals surface area contributed by atoms with Gasteiger partial charge >= 0.3 is 6.18 Å². The standard InChI is InChI=1S/C20H15F3N2O2/c21-20(22,23)16-8-11-19(27)25(12-16)13-18(26)24-17-9-6-15(7-10-17)14-4-2-1-3-5-14/h1-12H,13H2,(H,24,26). The van der Waals surface area contributed by atoms with E-state index in [0.717, 1.165) is 21.8 Å². The van der Waals surface area contributed by atoms with E-state index in [9.17, 15) is 22.8 Å². The van der Waals surface area contributed by atoms with Gasteiger partial charge in [-0.1, -0.05) is 42.5 Å². The number of hydrogen-bond donors (Lipinski definition) is 1. The summed E-state index contributed by atoms with van der Waals surface area (Å²) in [6, 6.07) is 18.2. The summed E-state index contributed by atoms with van der Waals surface area (Å²) in [7, 11) is 0. The van der Waals surface area contributed by atoms with Gasteiger partial charge in [0.1, 0.15) is 6.54 Å². The lowest BCUT2D eigenvalue weighted by Gasteiger charge is -2.11. The number of carbonyl (C=O) groups is 1. The molecule has 0 spiro atoms. The number of pyridine rings is 1. The van der Waals surface area contributed by atoms with E-state index < -0.39 is 29.8 Å². The number of carbonyl (C=O) groups excluding carboxylic acids is 1. The summed E-state index contributed by atoms with van der Waals surface area (Å²) in [5.74, 6) is -0.594. The third-order valence-corrected chi connectivity index (χ3v) is 3.90. The molecule has 0 aliphatic rings. The Morgan fingerprint density at radius 3 is 2.15 bits per heavy atom. The van der Waals surface area contributed by atoms with Gasteiger partial charge in [0.15, 0.2) is 0 Å². The van der Waals surface area contributed by atoms with Crippen LogP contribution in [0.25, 0.3) is 11.1 Å². The van der Waals surface area contributed by atoms with E-state index in [1.807, 2.05) is 42.5 Å². The molecule has 2 aromatic carbocycles. The van der Waals surface area contributed by atoms with E-state index in [4.69, 9.17) is 0 Å². The number of rotatable bonds is 4. The van der Waals surface area contributed by atoms with Crippen LogP contribution in [-0.4, -0.2) is 10.5 Å². The van der Waals surface area contributed by atoms with Crippen LogP contribution in [0.5, 0.6) is 0 Å². The molecule has 138 valence electrons. The first-order chi connectivity index (χ1) is 12.8. The maximum Gasteiger partial charge on any atom is 0.417 e. The Hall–Kier alpha value is -3.35. The lowest BCUT2D eigenvalue weighted by molar-refractivity contribution is -0.138. The van der Waals surface area contributed by atoms with Crippen molar-refractivity contribution in [1.82, 2.24) is 4.57 Å². The number of nitrogens with zero attached hydrogens (tertiary/aromatic N) is 1. The van der Waals surface area contributed by atoms with Crippen LogP contribution in [0.15, 0.2) is 77.7 Å². The van der Waals surface area contributed by atoms with Crippen LogP contribution in [0.4, 0.5) is 18.9 Å². The normalized spacial score (nSPS) is 11.2. The highest BCUT2D eigenvalue weighted by Crippen LogP contribution is 2.28. The molecule has 0 saturated carbocycles. The second kappa shape index (κ2) is 7.49. The van der Waals surface area contributed by atoms with Crippen molar-refractivity contribution in [1.29, 1.82) is 0 Å². The highest BCUT2D eigenvalue weighted by molar-refractivity contribution is 5.90. The Morgan fingerprint density at radius 2 is 1.52 bits per heavy atom. The maximum absolute atomic E-state index is 12.7. The second-order valence-electron chi connectivity index (χ2n) is 5.87. The maximum atomic E-state index is 12.7. The predicted octanol–water partition coefficient (Wildman–Crippen LogP) is 4.17. The fourth-order valence-corrected chi connectivity index (χ4v) is 2.55. The van der Waals surface area contributed by atoms with Gasteiger partial charge < -0.3 is 9.88 Å². The Bertz CT molecular complexity index is 994. The molecule has 0 radical (unpaired) electrons. The molecule has 3 aromatic rings. The number of alkyl halides is 3. The Labute approximate surface area is 152 Å². The van der Waals surface area contributed by atoms with Crippen LogP contribution in [0, 0.1) is 0 Å². The molecule has 1 N–H and O–H groups in total. The van der Waals surface area contributed by atoms with Gasteiger partial charge in [-0.2, -0.15) is 13.2 Å². The van der Waals surface area contributed by atoms with Crippen LogP contribution < -0.4 is 10.9 Å². The van der Waals surface area contributed by atoms with Crippen LogP contribution in [0.1, 0.15) is 5.56 Å². The molecule has 1 aromatic heterocycles. The van der Waals surface area contributed by atoms with Crippen molar-refractivity contribution < 1.29 is 18.0 Å². The van der Waals surface area contributed by atoms with Crippen LogP contribution >= 0.6 is 0 Å². The zero-order chi connectivity index (χ0) is 19.4. The highest BCUT2D eigenvalue weighted by atomic mass is 19.4. The summed E-state index contributed by atoms with van der Waals surface area (Å²) < 4.78 is 39.0. The van der Waals surface area contributed by atoms with Gasteiger partial charge in [-0.3, -0.25) is 9.59 Å². The van der Waals surface area contributed by atoms with Gasteiger partial charge in [0.25, 0.3) is 5.56 Å². The predicted molar refractivity (Wildman–Crippen MR) is 96.2 cm³/mol. The molecule has 0 aliphatic carbocycles. The van der Waals surface area contributed by atoms with Crippen molar-refractivity contribution in [2.24, 2.45) is 0 Å². The monoisotopic (exact) mass is 372 g/mol. The van der Waals surface area contributed by atoms with Gasteiger partial charge in [0.2, 0.25) is 5.91 Å². The van der Waals surface area contributed by atoms with E-state index in [-0.39, 0.29) is 0 Å². The molecular formula is C20H15F3N2O2. The third kappa shape index (κ3) is 4.63. The molecular weight excluding hydrogens is 357 g/mol. The summed E-state index contributed by atoms with van der Waals surface area (Å²) >= 11 is 0. The molecule has 0 aliphatic heterocycles. The molecule has 27 heavy (non-hydrogen) atoms. The van der Waals surface area contributed by atoms with Gasteiger partial charge in [-0.05, 0) is 29.3 Å². The summed E-state index contributed by atoms with van der Waals surface area (Å²) in [6.45, 7) is -0.511. The number of amides is 1. The largest absolute Gasteiger partial charge is 0.417 e. The smallest absolute Gasteiger partial charge is 0.325 e. The van der Waals surface area contributed by atoms with E-state index in [2.05, 4.69) is 5.32 Å². The zero-order valence-electron chi connectivity index (χ0n) is 14.0. The summed E-state index contributed by atoms with van der Waals surface area (Å²) in [4.78, 5) is 23.8. The molecule has 4 nitrogen and oxygen atoms in total. The van der Waals surface area contributed by atoms with Gasteiger partial charge in [-0.15, -0.1) is 0 Å². The quantitative estimate of drug-likeness (QED) is 0.747. The van der Waals surface area contributed by atoms with Crippen LogP contribution in [-0.2, 0) is 17.5 Å². The molecule has 1 heterocycles. The van der Waals surface area contributed by atoms with Crippen molar-refractivity contribution in [2.75, 3.05) is 5.32 Å². The summed E-state index contributed by atoms with van der Waals surface area (Å²) in [5, 5.41) is 2.57. The summed E-state index contributed by atoms with van der Waals surface area (Å²) in [5.41, 5.74) is 0.799. The minimum absolute atomic E-state index is 0.486. The van der Waals surface area contributed by atoms with Crippen molar-refractivity contribution >= 4 is 11.6 Å². The fourth-order valence-electron chi connectivity index (χ4n) is 2.55. The topological polar surface area (TPSA) is 51.1 Å². The van der Waals surface area contributed by atoms with Crippen LogP contribution in [0.2, 0.25) is 0 Å². The average Bonchev–Trinajstić information content (AvgIpc) is 2.64. The van der Waals surface area contributed by atoms with Gasteiger partial charge in [0, 0.05) is 18.0 Å².